The van der Waals surface area contributed by atoms with Gasteiger partial charge in [-0.25, -0.2) is 0 Å². The van der Waals surface area contributed by atoms with Crippen LogP contribution in [0.5, 0.6) is 11.5 Å². The number of hydrogen-bond acceptors (Lipinski definition) is 5. The molecule has 1 aromatic carbocycles. The van der Waals surface area contributed by atoms with Crippen LogP contribution in [-0.2, 0) is 0 Å². The van der Waals surface area contributed by atoms with Gasteiger partial charge >= 0.3 is 0 Å². The number of methoxy groups -OCH3 is 1. The van der Waals surface area contributed by atoms with E-state index in [1.54, 1.807) is 36.3 Å². The molecule has 1 N–H and O–H groups in total. The average molecular weight is 429 g/mol. The van der Waals surface area contributed by atoms with Crippen molar-refractivity contribution >= 4 is 11.8 Å². The Kier molecular flexibility index (Phi) is 8.38. The van der Waals surface area contributed by atoms with E-state index < -0.39 is 0 Å². The molecule has 2 heterocycles. The van der Waals surface area contributed by atoms with Crippen molar-refractivity contribution in [1.82, 2.24) is 10.2 Å². The van der Waals surface area contributed by atoms with E-state index in [9.17, 15) is 9.59 Å². The van der Waals surface area contributed by atoms with E-state index in [0.29, 0.717) is 55.2 Å². The van der Waals surface area contributed by atoms with Crippen LogP contribution in [0.2, 0.25) is 0 Å². The number of unbranched alkanes of at least 4 members (excludes halogenated alkanes) is 3. The van der Waals surface area contributed by atoms with Crippen molar-refractivity contribution in [3.63, 3.8) is 0 Å². The fourth-order valence-corrected chi connectivity index (χ4v) is 3.70. The number of benzene rings is 1. The fourth-order valence-electron chi connectivity index (χ4n) is 3.70. The third-order valence-corrected chi connectivity index (χ3v) is 5.57. The number of nitrogens with zero attached hydrogens (tertiary/aromatic N) is 1. The number of likely N-dealkylation sites (tertiary alicyclic amines) is 1. The molecule has 0 radical (unpaired) electrons. The molecule has 1 fully saturated rings. The Morgan fingerprint density at radius 1 is 1.10 bits per heavy atom. The SMILES string of the molecule is CCCCCCOc1ccc(C(=O)NC2CCN(C(=O)c3ccoc3)CC2)cc1OC. The average Bonchev–Trinajstić information content (AvgIpc) is 3.34. The number of amides is 2. The molecule has 168 valence electrons. The van der Waals surface area contributed by atoms with Crippen LogP contribution in [0, 0.1) is 0 Å². The van der Waals surface area contributed by atoms with Gasteiger partial charge in [-0.1, -0.05) is 26.2 Å². The fraction of sp³-hybridized carbons (Fsp3) is 0.500. The molecule has 3 rings (SSSR count). The second kappa shape index (κ2) is 11.4. The Balaban J connectivity index is 1.49. The monoisotopic (exact) mass is 428 g/mol. The van der Waals surface area contributed by atoms with Crippen molar-refractivity contribution < 1.29 is 23.5 Å². The first-order valence-electron chi connectivity index (χ1n) is 11.1. The van der Waals surface area contributed by atoms with Crippen molar-refractivity contribution in [3.05, 3.63) is 47.9 Å². The summed E-state index contributed by atoms with van der Waals surface area (Å²) in [6.07, 6.45) is 8.92. The Labute approximate surface area is 183 Å². The van der Waals surface area contributed by atoms with Crippen LogP contribution in [0.15, 0.2) is 41.2 Å². The predicted octanol–water partition coefficient (Wildman–Crippen LogP) is 4.28. The maximum Gasteiger partial charge on any atom is 0.257 e. The van der Waals surface area contributed by atoms with E-state index in [0.717, 1.165) is 12.8 Å². The molecular formula is C24H32N2O5. The number of rotatable bonds is 10. The highest BCUT2D eigenvalue weighted by Gasteiger charge is 2.25. The maximum absolute atomic E-state index is 12.7. The number of carbonyl (C=O) groups excluding carboxylic acids is 2. The molecule has 0 spiro atoms. The van der Waals surface area contributed by atoms with Crippen molar-refractivity contribution in [2.24, 2.45) is 0 Å². The Morgan fingerprint density at radius 3 is 2.58 bits per heavy atom. The normalized spacial score (nSPS) is 14.3. The summed E-state index contributed by atoms with van der Waals surface area (Å²) in [4.78, 5) is 26.9. The quantitative estimate of drug-likeness (QED) is 0.571. The van der Waals surface area contributed by atoms with Gasteiger partial charge < -0.3 is 24.1 Å². The first-order chi connectivity index (χ1) is 15.1. The second-order valence-electron chi connectivity index (χ2n) is 7.83. The number of furan rings is 1. The lowest BCUT2D eigenvalue weighted by Crippen LogP contribution is -2.46. The van der Waals surface area contributed by atoms with E-state index in [4.69, 9.17) is 13.9 Å². The van der Waals surface area contributed by atoms with Gasteiger partial charge in [-0.15, -0.1) is 0 Å². The molecule has 31 heavy (non-hydrogen) atoms. The van der Waals surface area contributed by atoms with Crippen LogP contribution < -0.4 is 14.8 Å². The van der Waals surface area contributed by atoms with Crippen molar-refractivity contribution in [2.75, 3.05) is 26.8 Å². The van der Waals surface area contributed by atoms with Gasteiger partial charge in [0, 0.05) is 24.7 Å². The van der Waals surface area contributed by atoms with Gasteiger partial charge in [-0.05, 0) is 43.5 Å². The van der Waals surface area contributed by atoms with Crippen molar-refractivity contribution in [1.29, 1.82) is 0 Å². The molecule has 1 aromatic heterocycles. The largest absolute Gasteiger partial charge is 0.493 e. The number of hydrogen-bond donors (Lipinski definition) is 1. The van der Waals surface area contributed by atoms with Crippen molar-refractivity contribution in [2.45, 2.75) is 51.5 Å². The van der Waals surface area contributed by atoms with E-state index in [2.05, 4.69) is 12.2 Å². The molecule has 2 aromatic rings. The summed E-state index contributed by atoms with van der Waals surface area (Å²) >= 11 is 0. The molecule has 2 amide bonds. The lowest BCUT2D eigenvalue weighted by molar-refractivity contribution is 0.0697. The summed E-state index contributed by atoms with van der Waals surface area (Å²) < 4.78 is 16.2. The lowest BCUT2D eigenvalue weighted by Gasteiger charge is -2.32. The standard InChI is InChI=1S/C24H32N2O5/c1-3-4-5-6-14-31-21-8-7-18(16-22(21)29-2)23(27)25-20-9-12-26(13-10-20)24(28)19-11-15-30-17-19/h7-8,11,15-17,20H,3-6,9-10,12-14H2,1-2H3,(H,25,27). The van der Waals surface area contributed by atoms with Gasteiger partial charge in [0.15, 0.2) is 11.5 Å². The summed E-state index contributed by atoms with van der Waals surface area (Å²) in [6, 6.07) is 6.97. The highest BCUT2D eigenvalue weighted by molar-refractivity contribution is 5.95. The van der Waals surface area contributed by atoms with Crippen LogP contribution in [0.1, 0.15) is 66.2 Å². The van der Waals surface area contributed by atoms with Crippen molar-refractivity contribution in [3.8, 4) is 11.5 Å². The Hall–Kier alpha value is -2.96. The van der Waals surface area contributed by atoms with Gasteiger partial charge in [-0.2, -0.15) is 0 Å². The van der Waals surface area contributed by atoms with Crippen LogP contribution in [0.3, 0.4) is 0 Å². The number of nitrogens with one attached hydrogen (secondary N) is 1. The molecule has 1 aliphatic rings. The van der Waals surface area contributed by atoms with Crippen LogP contribution in [0.25, 0.3) is 0 Å². The first kappa shape index (κ1) is 22.7. The van der Waals surface area contributed by atoms with Crippen LogP contribution in [0.4, 0.5) is 0 Å². The molecular weight excluding hydrogens is 396 g/mol. The third-order valence-electron chi connectivity index (χ3n) is 5.57. The molecule has 0 atom stereocenters. The smallest absolute Gasteiger partial charge is 0.257 e. The summed E-state index contributed by atoms with van der Waals surface area (Å²) in [5.74, 6) is 1.03. The Morgan fingerprint density at radius 2 is 1.90 bits per heavy atom. The molecule has 1 saturated heterocycles. The maximum atomic E-state index is 12.7. The predicted molar refractivity (Wildman–Crippen MR) is 118 cm³/mol. The zero-order valence-electron chi connectivity index (χ0n) is 18.4. The lowest BCUT2D eigenvalue weighted by atomic mass is 10.0. The second-order valence-corrected chi connectivity index (χ2v) is 7.83. The van der Waals surface area contributed by atoms with Gasteiger partial charge in [0.2, 0.25) is 0 Å². The van der Waals surface area contributed by atoms with Gasteiger partial charge in [0.05, 0.1) is 25.5 Å². The summed E-state index contributed by atoms with van der Waals surface area (Å²) in [6.45, 7) is 4.02. The highest BCUT2D eigenvalue weighted by atomic mass is 16.5. The third kappa shape index (κ3) is 6.26. The van der Waals surface area contributed by atoms with E-state index in [1.165, 1.54) is 25.4 Å². The van der Waals surface area contributed by atoms with E-state index in [-0.39, 0.29) is 17.9 Å². The van der Waals surface area contributed by atoms with Gasteiger partial charge in [-0.3, -0.25) is 9.59 Å². The molecule has 0 bridgehead atoms. The minimum atomic E-state index is -0.146. The Bertz CT molecular complexity index is 842. The number of carbonyl (C=O) groups is 2. The highest BCUT2D eigenvalue weighted by Crippen LogP contribution is 2.28. The number of ether oxygens (including phenoxy) is 2. The molecule has 0 unspecified atom stereocenters. The minimum Gasteiger partial charge on any atom is -0.493 e. The zero-order valence-corrected chi connectivity index (χ0v) is 18.4. The van der Waals surface area contributed by atoms with Crippen LogP contribution >= 0.6 is 0 Å². The first-order valence-corrected chi connectivity index (χ1v) is 11.1. The summed E-state index contributed by atoms with van der Waals surface area (Å²) in [7, 11) is 1.58. The van der Waals surface area contributed by atoms with E-state index in [1.807, 2.05) is 0 Å². The summed E-state index contributed by atoms with van der Waals surface area (Å²) in [5.41, 5.74) is 1.09. The molecule has 1 aliphatic heterocycles. The van der Waals surface area contributed by atoms with Gasteiger partial charge in [0.1, 0.15) is 6.26 Å². The molecule has 7 nitrogen and oxygen atoms in total. The topological polar surface area (TPSA) is 81.0 Å². The molecule has 0 saturated carbocycles. The molecule has 0 aliphatic carbocycles. The van der Waals surface area contributed by atoms with E-state index >= 15 is 0 Å². The van der Waals surface area contributed by atoms with Gasteiger partial charge in [0.25, 0.3) is 11.8 Å². The molecule has 7 heteroatoms. The number of piperidine rings is 1. The summed E-state index contributed by atoms with van der Waals surface area (Å²) in [5, 5.41) is 3.07. The van der Waals surface area contributed by atoms with Crippen LogP contribution in [-0.4, -0.2) is 49.6 Å². The zero-order chi connectivity index (χ0) is 22.1. The minimum absolute atomic E-state index is 0.0291.